The van der Waals surface area contributed by atoms with Gasteiger partial charge in [-0.05, 0) is 37.6 Å². The quantitative estimate of drug-likeness (QED) is 0.864. The van der Waals surface area contributed by atoms with Gasteiger partial charge in [-0.2, -0.15) is 0 Å². The Bertz CT molecular complexity index is 560. The van der Waals surface area contributed by atoms with Crippen LogP contribution in [0.25, 0.3) is 0 Å². The Labute approximate surface area is 98.3 Å². The lowest BCUT2D eigenvalue weighted by molar-refractivity contribution is 0.102. The molecule has 1 heterocycles. The highest BCUT2D eigenvalue weighted by atomic mass is 19.1. The molecule has 0 atom stereocenters. The van der Waals surface area contributed by atoms with E-state index in [0.717, 1.165) is 5.56 Å². The fourth-order valence-corrected chi connectivity index (χ4v) is 1.55. The first-order chi connectivity index (χ1) is 8.08. The summed E-state index contributed by atoms with van der Waals surface area (Å²) in [6, 6.07) is 6.11. The zero-order valence-corrected chi connectivity index (χ0v) is 9.58. The number of amides is 1. The molecule has 0 radical (unpaired) electrons. The van der Waals surface area contributed by atoms with Crippen LogP contribution in [0.5, 0.6) is 0 Å². The lowest BCUT2D eigenvalue weighted by Gasteiger charge is -2.06. The van der Waals surface area contributed by atoms with Crippen molar-refractivity contribution in [1.29, 1.82) is 0 Å². The largest absolute Gasteiger partial charge is 0.469 e. The number of hydrogen-bond acceptors (Lipinski definition) is 2. The Balaban J connectivity index is 2.24. The van der Waals surface area contributed by atoms with Crippen molar-refractivity contribution in [2.75, 3.05) is 5.32 Å². The Hall–Kier alpha value is -2.10. The van der Waals surface area contributed by atoms with Crippen molar-refractivity contribution in [3.63, 3.8) is 0 Å². The molecule has 0 aliphatic carbocycles. The van der Waals surface area contributed by atoms with Crippen molar-refractivity contribution in [2.45, 2.75) is 13.8 Å². The van der Waals surface area contributed by atoms with Gasteiger partial charge in [-0.3, -0.25) is 4.79 Å². The maximum atomic E-state index is 13.4. The van der Waals surface area contributed by atoms with Crippen molar-refractivity contribution >= 4 is 11.6 Å². The van der Waals surface area contributed by atoms with E-state index in [1.807, 2.05) is 6.92 Å². The van der Waals surface area contributed by atoms with E-state index in [-0.39, 0.29) is 11.6 Å². The average Bonchev–Trinajstić information content (AvgIpc) is 2.70. The van der Waals surface area contributed by atoms with Crippen LogP contribution in [0.3, 0.4) is 0 Å². The van der Waals surface area contributed by atoms with E-state index in [9.17, 15) is 9.18 Å². The molecule has 0 aliphatic rings. The van der Waals surface area contributed by atoms with E-state index in [1.165, 1.54) is 12.3 Å². The Morgan fingerprint density at radius 2 is 2.06 bits per heavy atom. The standard InChI is InChI=1S/C13H12FNO2/c1-8-3-4-11(14)12(7-8)15-13(16)10-5-6-17-9(10)2/h3-7H,1-2H3,(H,15,16). The van der Waals surface area contributed by atoms with Crippen LogP contribution < -0.4 is 5.32 Å². The minimum atomic E-state index is -0.454. The Morgan fingerprint density at radius 3 is 2.71 bits per heavy atom. The van der Waals surface area contributed by atoms with Crippen molar-refractivity contribution in [1.82, 2.24) is 0 Å². The predicted octanol–water partition coefficient (Wildman–Crippen LogP) is 3.29. The number of anilines is 1. The lowest BCUT2D eigenvalue weighted by atomic mass is 10.2. The van der Waals surface area contributed by atoms with E-state index in [4.69, 9.17) is 4.42 Å². The summed E-state index contributed by atoms with van der Waals surface area (Å²) in [5.74, 6) is -0.318. The molecule has 1 aromatic carbocycles. The summed E-state index contributed by atoms with van der Waals surface area (Å²) in [7, 11) is 0. The minimum Gasteiger partial charge on any atom is -0.469 e. The highest BCUT2D eigenvalue weighted by molar-refractivity contribution is 6.04. The molecule has 1 aromatic heterocycles. The molecule has 0 aliphatic heterocycles. The molecule has 4 heteroatoms. The molecule has 1 N–H and O–H groups in total. The number of carbonyl (C=O) groups is 1. The van der Waals surface area contributed by atoms with Gasteiger partial charge in [0, 0.05) is 0 Å². The van der Waals surface area contributed by atoms with E-state index in [2.05, 4.69) is 5.32 Å². The fraction of sp³-hybridized carbons (Fsp3) is 0.154. The summed E-state index contributed by atoms with van der Waals surface area (Å²) in [6.07, 6.45) is 1.43. The van der Waals surface area contributed by atoms with Gasteiger partial charge in [0.2, 0.25) is 0 Å². The second-order valence-corrected chi connectivity index (χ2v) is 3.83. The molecular weight excluding hydrogens is 221 g/mol. The van der Waals surface area contributed by atoms with Gasteiger partial charge in [0.25, 0.3) is 5.91 Å². The fourth-order valence-electron chi connectivity index (χ4n) is 1.55. The highest BCUT2D eigenvalue weighted by Crippen LogP contribution is 2.18. The van der Waals surface area contributed by atoms with Crippen LogP contribution >= 0.6 is 0 Å². The SMILES string of the molecule is Cc1ccc(F)c(NC(=O)c2ccoc2C)c1. The molecule has 2 rings (SSSR count). The Morgan fingerprint density at radius 1 is 1.29 bits per heavy atom. The summed E-state index contributed by atoms with van der Waals surface area (Å²) < 4.78 is 18.5. The van der Waals surface area contributed by atoms with Crippen molar-refractivity contribution in [2.24, 2.45) is 0 Å². The number of furan rings is 1. The van der Waals surface area contributed by atoms with Gasteiger partial charge in [-0.1, -0.05) is 6.07 Å². The molecular formula is C13H12FNO2. The van der Waals surface area contributed by atoms with Gasteiger partial charge in [0.05, 0.1) is 17.5 Å². The number of nitrogens with one attached hydrogen (secondary N) is 1. The summed E-state index contributed by atoms with van der Waals surface area (Å²) >= 11 is 0. The van der Waals surface area contributed by atoms with Crippen molar-refractivity contribution in [3.8, 4) is 0 Å². The topological polar surface area (TPSA) is 42.2 Å². The lowest BCUT2D eigenvalue weighted by Crippen LogP contribution is -2.13. The smallest absolute Gasteiger partial charge is 0.259 e. The molecule has 88 valence electrons. The number of aryl methyl sites for hydroxylation is 2. The maximum Gasteiger partial charge on any atom is 0.259 e. The first-order valence-electron chi connectivity index (χ1n) is 5.19. The molecule has 0 saturated carbocycles. The zero-order chi connectivity index (χ0) is 12.4. The zero-order valence-electron chi connectivity index (χ0n) is 9.58. The molecule has 0 unspecified atom stereocenters. The third kappa shape index (κ3) is 2.36. The van der Waals surface area contributed by atoms with Crippen LogP contribution in [0.15, 0.2) is 34.9 Å². The molecule has 2 aromatic rings. The molecule has 0 bridgehead atoms. The van der Waals surface area contributed by atoms with Crippen LogP contribution in [0.1, 0.15) is 21.7 Å². The summed E-state index contributed by atoms with van der Waals surface area (Å²) in [4.78, 5) is 11.8. The van der Waals surface area contributed by atoms with Crippen molar-refractivity contribution in [3.05, 3.63) is 53.2 Å². The van der Waals surface area contributed by atoms with Gasteiger partial charge < -0.3 is 9.73 Å². The molecule has 0 fully saturated rings. The van der Waals surface area contributed by atoms with Crippen LogP contribution in [0.2, 0.25) is 0 Å². The minimum absolute atomic E-state index is 0.176. The van der Waals surface area contributed by atoms with E-state index < -0.39 is 5.82 Å². The molecule has 3 nitrogen and oxygen atoms in total. The highest BCUT2D eigenvalue weighted by Gasteiger charge is 2.13. The second-order valence-electron chi connectivity index (χ2n) is 3.83. The number of halogens is 1. The summed E-state index contributed by atoms with van der Waals surface area (Å²) in [6.45, 7) is 3.51. The van der Waals surface area contributed by atoms with Crippen LogP contribution in [-0.4, -0.2) is 5.91 Å². The molecule has 0 saturated heterocycles. The Kier molecular flexibility index (Phi) is 2.95. The van der Waals surface area contributed by atoms with Crippen LogP contribution in [-0.2, 0) is 0 Å². The van der Waals surface area contributed by atoms with Gasteiger partial charge in [0.15, 0.2) is 0 Å². The molecule has 17 heavy (non-hydrogen) atoms. The van der Waals surface area contributed by atoms with E-state index in [1.54, 1.807) is 25.1 Å². The molecule has 1 amide bonds. The van der Waals surface area contributed by atoms with Crippen molar-refractivity contribution < 1.29 is 13.6 Å². The third-order valence-electron chi connectivity index (χ3n) is 2.47. The average molecular weight is 233 g/mol. The predicted molar refractivity (Wildman–Crippen MR) is 62.5 cm³/mol. The number of benzene rings is 1. The van der Waals surface area contributed by atoms with Gasteiger partial charge in [-0.15, -0.1) is 0 Å². The number of hydrogen-bond donors (Lipinski definition) is 1. The van der Waals surface area contributed by atoms with Gasteiger partial charge in [0.1, 0.15) is 11.6 Å². The first-order valence-corrected chi connectivity index (χ1v) is 5.19. The van der Waals surface area contributed by atoms with E-state index in [0.29, 0.717) is 11.3 Å². The van der Waals surface area contributed by atoms with Gasteiger partial charge >= 0.3 is 0 Å². The number of carbonyl (C=O) groups excluding carboxylic acids is 1. The van der Waals surface area contributed by atoms with Crippen LogP contribution in [0, 0.1) is 19.7 Å². The second kappa shape index (κ2) is 4.41. The summed E-state index contributed by atoms with van der Waals surface area (Å²) in [5.41, 5.74) is 1.46. The van der Waals surface area contributed by atoms with Crippen LogP contribution in [0.4, 0.5) is 10.1 Å². The third-order valence-corrected chi connectivity index (χ3v) is 2.47. The number of rotatable bonds is 2. The maximum absolute atomic E-state index is 13.4. The molecule has 0 spiro atoms. The van der Waals surface area contributed by atoms with E-state index >= 15 is 0 Å². The van der Waals surface area contributed by atoms with Gasteiger partial charge in [-0.25, -0.2) is 4.39 Å². The summed E-state index contributed by atoms with van der Waals surface area (Å²) in [5, 5.41) is 2.52. The normalized spacial score (nSPS) is 10.3. The monoisotopic (exact) mass is 233 g/mol. The first kappa shape index (κ1) is 11.4.